The Morgan fingerprint density at radius 3 is 2.50 bits per heavy atom. The molecule has 2 aliphatic heterocycles. The second kappa shape index (κ2) is 8.94. The Bertz CT molecular complexity index is 1350. The summed E-state index contributed by atoms with van der Waals surface area (Å²) in [6.07, 6.45) is 1.55. The maximum atomic E-state index is 13.7. The number of sulfonamides is 1. The van der Waals surface area contributed by atoms with Crippen molar-refractivity contribution in [2.24, 2.45) is 5.92 Å². The van der Waals surface area contributed by atoms with Gasteiger partial charge in [0.1, 0.15) is 16.4 Å². The fourth-order valence-corrected chi connectivity index (χ4v) is 5.82. The Kier molecular flexibility index (Phi) is 5.97. The standard InChI is InChI=1S/C25H23ClN2O5S/c1-16-9-11-28(12-10-16)34(30,31)24-14-19-22(15-23(24)32-18-5-3-2-4-6-18)33-21-8-7-17(26)13-20(21)27-25(19)29/h2-8,13-16H,9-12H2,1H3,(H,27,29). The van der Waals surface area contributed by atoms with Crippen LogP contribution in [0.3, 0.4) is 0 Å². The summed E-state index contributed by atoms with van der Waals surface area (Å²) in [7, 11) is -3.93. The van der Waals surface area contributed by atoms with Crippen molar-refractivity contribution in [2.45, 2.75) is 24.7 Å². The molecule has 0 spiro atoms. The zero-order chi connectivity index (χ0) is 23.9. The number of nitrogens with zero attached hydrogens (tertiary/aromatic N) is 1. The Hall–Kier alpha value is -3.07. The SMILES string of the molecule is CC1CCN(S(=O)(=O)c2cc3c(cc2Oc2ccccc2)Oc2ccc(Cl)cc2NC3=O)CC1. The average molecular weight is 499 g/mol. The molecule has 0 radical (unpaired) electrons. The van der Waals surface area contributed by atoms with Crippen LogP contribution in [0.2, 0.25) is 5.02 Å². The predicted molar refractivity (Wildman–Crippen MR) is 130 cm³/mol. The first kappa shape index (κ1) is 22.7. The molecule has 9 heteroatoms. The molecule has 34 heavy (non-hydrogen) atoms. The number of amides is 1. The zero-order valence-electron chi connectivity index (χ0n) is 18.5. The molecule has 3 aromatic carbocycles. The normalized spacial score (nSPS) is 16.6. The molecule has 0 unspecified atom stereocenters. The Morgan fingerprint density at radius 2 is 1.76 bits per heavy atom. The fourth-order valence-electron chi connectivity index (χ4n) is 4.06. The van der Waals surface area contributed by atoms with E-state index in [9.17, 15) is 13.2 Å². The van der Waals surface area contributed by atoms with E-state index in [1.807, 2.05) is 6.07 Å². The molecule has 1 fully saturated rings. The summed E-state index contributed by atoms with van der Waals surface area (Å²) in [6.45, 7) is 2.94. The number of nitrogens with one attached hydrogen (secondary N) is 1. The highest BCUT2D eigenvalue weighted by atomic mass is 35.5. The minimum Gasteiger partial charge on any atom is -0.456 e. The lowest BCUT2D eigenvalue weighted by Crippen LogP contribution is -2.38. The molecular formula is C25H23ClN2O5S. The van der Waals surface area contributed by atoms with Gasteiger partial charge in [0, 0.05) is 24.2 Å². The van der Waals surface area contributed by atoms with Crippen LogP contribution in [0.1, 0.15) is 30.1 Å². The van der Waals surface area contributed by atoms with E-state index in [2.05, 4.69) is 12.2 Å². The number of benzene rings is 3. The second-order valence-electron chi connectivity index (χ2n) is 8.49. The molecule has 0 aromatic heterocycles. The average Bonchev–Trinajstić information content (AvgIpc) is 2.94. The van der Waals surface area contributed by atoms with Gasteiger partial charge < -0.3 is 14.8 Å². The van der Waals surface area contributed by atoms with Gasteiger partial charge in [-0.3, -0.25) is 4.79 Å². The van der Waals surface area contributed by atoms with Crippen molar-refractivity contribution < 1.29 is 22.7 Å². The van der Waals surface area contributed by atoms with E-state index in [1.54, 1.807) is 42.5 Å². The van der Waals surface area contributed by atoms with Crippen molar-refractivity contribution in [2.75, 3.05) is 18.4 Å². The van der Waals surface area contributed by atoms with Gasteiger partial charge in [0.25, 0.3) is 5.91 Å². The molecule has 2 heterocycles. The van der Waals surface area contributed by atoms with Crippen molar-refractivity contribution in [3.05, 3.63) is 71.2 Å². The number of rotatable bonds is 4. The van der Waals surface area contributed by atoms with Gasteiger partial charge in [-0.15, -0.1) is 0 Å². The van der Waals surface area contributed by atoms with Gasteiger partial charge in [0.05, 0.1) is 11.3 Å². The van der Waals surface area contributed by atoms with Crippen molar-refractivity contribution in [1.82, 2.24) is 4.31 Å². The van der Waals surface area contributed by atoms with E-state index >= 15 is 0 Å². The second-order valence-corrected chi connectivity index (χ2v) is 10.8. The molecule has 176 valence electrons. The lowest BCUT2D eigenvalue weighted by molar-refractivity contribution is 0.102. The van der Waals surface area contributed by atoms with Gasteiger partial charge in [0.15, 0.2) is 11.5 Å². The molecule has 1 N–H and O–H groups in total. The summed E-state index contributed by atoms with van der Waals surface area (Å²) in [6, 6.07) is 16.6. The van der Waals surface area contributed by atoms with E-state index in [4.69, 9.17) is 21.1 Å². The molecule has 2 aliphatic rings. The third kappa shape index (κ3) is 4.36. The number of hydrogen-bond acceptors (Lipinski definition) is 5. The number of para-hydroxylation sites is 1. The Morgan fingerprint density at radius 1 is 1.03 bits per heavy atom. The summed E-state index contributed by atoms with van der Waals surface area (Å²) >= 11 is 6.07. The van der Waals surface area contributed by atoms with E-state index in [0.717, 1.165) is 12.8 Å². The number of anilines is 1. The minimum atomic E-state index is -3.93. The van der Waals surface area contributed by atoms with Gasteiger partial charge in [-0.05, 0) is 55.2 Å². The van der Waals surface area contributed by atoms with E-state index < -0.39 is 15.9 Å². The monoisotopic (exact) mass is 498 g/mol. The lowest BCUT2D eigenvalue weighted by Gasteiger charge is -2.30. The Labute approximate surface area is 203 Å². The number of piperidine rings is 1. The van der Waals surface area contributed by atoms with Gasteiger partial charge >= 0.3 is 0 Å². The fraction of sp³-hybridized carbons (Fsp3) is 0.240. The van der Waals surface area contributed by atoms with Gasteiger partial charge in [-0.1, -0.05) is 36.7 Å². The zero-order valence-corrected chi connectivity index (χ0v) is 20.0. The van der Waals surface area contributed by atoms with E-state index in [1.165, 1.54) is 16.4 Å². The highest BCUT2D eigenvalue weighted by Gasteiger charge is 2.34. The van der Waals surface area contributed by atoms with Crippen molar-refractivity contribution in [1.29, 1.82) is 0 Å². The molecule has 5 rings (SSSR count). The van der Waals surface area contributed by atoms with Crippen LogP contribution in [0.4, 0.5) is 5.69 Å². The molecule has 0 aliphatic carbocycles. The number of carbonyl (C=O) groups is 1. The highest BCUT2D eigenvalue weighted by molar-refractivity contribution is 7.89. The molecule has 3 aromatic rings. The lowest BCUT2D eigenvalue weighted by atomic mass is 10.0. The van der Waals surface area contributed by atoms with Crippen molar-refractivity contribution in [3.63, 3.8) is 0 Å². The molecule has 7 nitrogen and oxygen atoms in total. The highest BCUT2D eigenvalue weighted by Crippen LogP contribution is 2.43. The van der Waals surface area contributed by atoms with E-state index in [-0.39, 0.29) is 22.0 Å². The van der Waals surface area contributed by atoms with Crippen LogP contribution >= 0.6 is 11.6 Å². The van der Waals surface area contributed by atoms with Crippen LogP contribution < -0.4 is 14.8 Å². The summed E-state index contributed by atoms with van der Waals surface area (Å²) in [4.78, 5) is 13.0. The molecule has 0 saturated carbocycles. The predicted octanol–water partition coefficient (Wildman–Crippen LogP) is 5.91. The van der Waals surface area contributed by atoms with Crippen LogP contribution in [0.25, 0.3) is 0 Å². The maximum Gasteiger partial charge on any atom is 0.259 e. The first-order valence-corrected chi connectivity index (χ1v) is 12.8. The van der Waals surface area contributed by atoms with Crippen molar-refractivity contribution in [3.8, 4) is 23.0 Å². The number of fused-ring (bicyclic) bond motifs is 2. The molecule has 0 atom stereocenters. The number of halogens is 1. The molecule has 1 saturated heterocycles. The smallest absolute Gasteiger partial charge is 0.259 e. The third-order valence-corrected chi connectivity index (χ3v) is 8.19. The summed E-state index contributed by atoms with van der Waals surface area (Å²) in [5.74, 6) is 1.11. The first-order chi connectivity index (χ1) is 16.3. The van der Waals surface area contributed by atoms with Crippen LogP contribution in [0, 0.1) is 5.92 Å². The first-order valence-electron chi connectivity index (χ1n) is 11.0. The van der Waals surface area contributed by atoms with Crippen LogP contribution in [0.5, 0.6) is 23.0 Å². The summed E-state index contributed by atoms with van der Waals surface area (Å²) in [5, 5.41) is 3.19. The van der Waals surface area contributed by atoms with E-state index in [0.29, 0.717) is 41.2 Å². The number of hydrogen-bond donors (Lipinski definition) is 1. The number of carbonyl (C=O) groups excluding carboxylic acids is 1. The third-order valence-electron chi connectivity index (χ3n) is 6.03. The maximum absolute atomic E-state index is 13.7. The quantitative estimate of drug-likeness (QED) is 0.483. The summed E-state index contributed by atoms with van der Waals surface area (Å²) < 4.78 is 40.9. The van der Waals surface area contributed by atoms with Crippen molar-refractivity contribution >= 4 is 33.2 Å². The molecule has 1 amide bonds. The van der Waals surface area contributed by atoms with Gasteiger partial charge in [0.2, 0.25) is 10.0 Å². The minimum absolute atomic E-state index is 0.0765. The molecule has 0 bridgehead atoms. The molecular weight excluding hydrogens is 476 g/mol. The van der Waals surface area contributed by atoms with Crippen LogP contribution in [-0.4, -0.2) is 31.7 Å². The topological polar surface area (TPSA) is 84.9 Å². The largest absolute Gasteiger partial charge is 0.456 e. The van der Waals surface area contributed by atoms with Gasteiger partial charge in [-0.2, -0.15) is 4.31 Å². The summed E-state index contributed by atoms with van der Waals surface area (Å²) in [5.41, 5.74) is 0.491. The number of ether oxygens (including phenoxy) is 2. The van der Waals surface area contributed by atoms with Gasteiger partial charge in [-0.25, -0.2) is 8.42 Å². The Balaban J connectivity index is 1.63. The van der Waals surface area contributed by atoms with Crippen LogP contribution in [-0.2, 0) is 10.0 Å². The van der Waals surface area contributed by atoms with Crippen LogP contribution in [0.15, 0.2) is 65.6 Å².